The number of pyridine rings is 2. The van der Waals surface area contributed by atoms with Gasteiger partial charge in [0.05, 0.1) is 13.2 Å². The van der Waals surface area contributed by atoms with Gasteiger partial charge in [-0.2, -0.15) is 9.46 Å². The molecule has 0 radical (unpaired) electrons. The summed E-state index contributed by atoms with van der Waals surface area (Å²) in [5, 5.41) is 41.9. The molecule has 374 valence electrons. The molecule has 1 fully saturated rings. The molecular formula is C43H65N9O12S2Si2. The van der Waals surface area contributed by atoms with E-state index >= 15 is 0 Å². The number of carbonyl (C=O) groups is 8. The topological polar surface area (TPSA) is 276 Å². The van der Waals surface area contributed by atoms with E-state index in [1.165, 1.54) is 47.8 Å². The van der Waals surface area contributed by atoms with Crippen molar-refractivity contribution in [2.45, 2.75) is 93.5 Å². The van der Waals surface area contributed by atoms with E-state index in [-0.39, 0.29) is 136 Å². The maximum absolute atomic E-state index is 13.8. The number of amides is 7. The van der Waals surface area contributed by atoms with Crippen molar-refractivity contribution in [1.82, 2.24) is 36.5 Å². The zero-order chi connectivity index (χ0) is 50.0. The Morgan fingerprint density at radius 2 is 1.15 bits per heavy atom. The van der Waals surface area contributed by atoms with Crippen LogP contribution in [0, 0.1) is 10.4 Å². The van der Waals surface area contributed by atoms with E-state index in [4.69, 9.17) is 9.57 Å². The molecule has 1 saturated heterocycles. The monoisotopic (exact) mass is 1020 g/mol. The summed E-state index contributed by atoms with van der Waals surface area (Å²) in [4.78, 5) is 109. The Morgan fingerprint density at radius 1 is 0.691 bits per heavy atom. The van der Waals surface area contributed by atoms with Gasteiger partial charge in [-0.15, -0.1) is 5.06 Å². The van der Waals surface area contributed by atoms with Gasteiger partial charge >= 0.3 is 17.8 Å². The average Bonchev–Trinajstić information content (AvgIpc) is 3.57. The van der Waals surface area contributed by atoms with Crippen LogP contribution in [0.15, 0.2) is 34.3 Å². The lowest BCUT2D eigenvalue weighted by molar-refractivity contribution is -0.647. The number of aromatic nitrogens is 2. The lowest BCUT2D eigenvalue weighted by Crippen LogP contribution is -2.45. The quantitative estimate of drug-likeness (QED) is 0.0526. The molecule has 5 aliphatic rings. The molecule has 0 unspecified atom stereocenters. The number of nitrogens with zero attached hydrogens (tertiary/aromatic N) is 4. The molecule has 0 aliphatic carbocycles. The highest BCUT2D eigenvalue weighted by molar-refractivity contribution is 7.99. The van der Waals surface area contributed by atoms with Crippen LogP contribution in [-0.4, -0.2) is 151 Å². The largest absolute Gasteiger partial charge is 0.617 e. The molecule has 2 aromatic heterocycles. The molecule has 5 N–H and O–H groups in total. The standard InChI is InChI=1S/C43H65N9O12S2Si2/c1-67(2,3)28-26-65-42-30-10-12-32(50(42)61)40(59)47-19-24-63-25-20-48-41(60)33-13-11-31(43(51(33)62)66-27-29-68(4,5)6)39(58)46-18-23-49(22-17-45-38(30)57)21-16-44-34(53)8-7-9-37(56)64-52-35(54)14-15-36(52)55/h10-13H,7-9,14-29H2,1-6H3,(H,44,53)(H,45,57)(H,46,58)(H,47,59)(H,48,60). The fraction of sp³-hybridized carbons (Fsp3) is 0.581. The van der Waals surface area contributed by atoms with Crippen molar-refractivity contribution in [2.75, 3.05) is 77.1 Å². The first-order chi connectivity index (χ1) is 32.1. The molecule has 0 atom stereocenters. The Bertz CT molecular complexity index is 2050. The Hall–Kier alpha value is -5.09. The fourth-order valence-electron chi connectivity index (χ4n) is 6.48. The maximum Gasteiger partial charge on any atom is 0.333 e. The second-order valence-corrected chi connectivity index (χ2v) is 31.9. The molecule has 0 spiro atoms. The summed E-state index contributed by atoms with van der Waals surface area (Å²) in [6.45, 7) is 14.4. The lowest BCUT2D eigenvalue weighted by Gasteiger charge is -2.23. The summed E-state index contributed by atoms with van der Waals surface area (Å²) in [5.41, 5.74) is -0.215. The van der Waals surface area contributed by atoms with Crippen LogP contribution in [0.1, 0.15) is 73.8 Å². The van der Waals surface area contributed by atoms with Crippen molar-refractivity contribution in [3.63, 3.8) is 0 Å². The molecule has 7 rings (SSSR count). The van der Waals surface area contributed by atoms with Crippen molar-refractivity contribution in [2.24, 2.45) is 0 Å². The van der Waals surface area contributed by atoms with E-state index < -0.39 is 57.6 Å². The van der Waals surface area contributed by atoms with Crippen LogP contribution < -0.4 is 36.0 Å². The van der Waals surface area contributed by atoms with Crippen LogP contribution in [0.4, 0.5) is 0 Å². The first-order valence-corrected chi connectivity index (χ1v) is 32.1. The van der Waals surface area contributed by atoms with Gasteiger partial charge in [0.15, 0.2) is 0 Å². The second-order valence-electron chi connectivity index (χ2n) is 18.5. The predicted molar refractivity (Wildman–Crippen MR) is 259 cm³/mol. The predicted octanol–water partition coefficient (Wildman–Crippen LogP) is 1.66. The summed E-state index contributed by atoms with van der Waals surface area (Å²) in [6, 6.07) is 7.18. The van der Waals surface area contributed by atoms with Crippen LogP contribution in [0.5, 0.6) is 0 Å². The number of rotatable bonds is 16. The van der Waals surface area contributed by atoms with E-state index in [0.29, 0.717) is 26.0 Å². The van der Waals surface area contributed by atoms with Gasteiger partial charge in [0.25, 0.3) is 45.1 Å². The van der Waals surface area contributed by atoms with Crippen LogP contribution in [0.3, 0.4) is 0 Å². The van der Waals surface area contributed by atoms with Gasteiger partial charge in [-0.1, -0.05) is 62.8 Å². The number of nitrogens with one attached hydrogen (secondary N) is 5. The van der Waals surface area contributed by atoms with Crippen molar-refractivity contribution in [1.29, 1.82) is 0 Å². The van der Waals surface area contributed by atoms with E-state index in [1.807, 2.05) is 4.90 Å². The van der Waals surface area contributed by atoms with Gasteiger partial charge in [-0.25, -0.2) is 4.79 Å². The van der Waals surface area contributed by atoms with Crippen LogP contribution in [0.2, 0.25) is 51.4 Å². The average molecular weight is 1020 g/mol. The molecule has 7 heterocycles. The minimum absolute atomic E-state index is 0.0355. The number of thioether (sulfide) groups is 2. The van der Waals surface area contributed by atoms with Crippen molar-refractivity contribution in [3.05, 3.63) is 57.2 Å². The molecule has 68 heavy (non-hydrogen) atoms. The molecule has 2 aromatic rings. The zero-order valence-electron chi connectivity index (χ0n) is 39.7. The SMILES string of the molecule is C[Si](C)(C)CCSc1c2ccc([n+]1[O-])C(=O)NCCOCCNC(=O)c1ccc(c(SCC[Si](C)(C)C)[n+]1[O-])C(=O)NCCN(CCNC(=O)CCCC(=O)ON1C(=O)CCC1=O)CCNC2=O. The van der Waals surface area contributed by atoms with E-state index in [1.54, 1.807) is 0 Å². The third-order valence-electron chi connectivity index (χ3n) is 10.4. The third-order valence-corrected chi connectivity index (χ3v) is 16.8. The minimum Gasteiger partial charge on any atom is -0.617 e. The van der Waals surface area contributed by atoms with Crippen molar-refractivity contribution in [3.8, 4) is 0 Å². The normalized spacial score (nSPS) is 16.6. The number of hydrogen-bond acceptors (Lipinski definition) is 15. The third kappa shape index (κ3) is 18.1. The van der Waals surface area contributed by atoms with Gasteiger partial charge in [0.2, 0.25) is 5.91 Å². The highest BCUT2D eigenvalue weighted by atomic mass is 32.2. The number of carbonyl (C=O) groups excluding carboxylic acids is 8. The Morgan fingerprint density at radius 3 is 1.60 bits per heavy atom. The highest BCUT2D eigenvalue weighted by Crippen LogP contribution is 2.25. The van der Waals surface area contributed by atoms with Crippen LogP contribution in [0.25, 0.3) is 0 Å². The van der Waals surface area contributed by atoms with Gasteiger partial charge < -0.3 is 46.6 Å². The second kappa shape index (κ2) is 26.6. The molecule has 21 nitrogen and oxygen atoms in total. The van der Waals surface area contributed by atoms with E-state index in [0.717, 1.165) is 12.1 Å². The summed E-state index contributed by atoms with van der Waals surface area (Å²) in [7, 11) is -3.07. The summed E-state index contributed by atoms with van der Waals surface area (Å²) in [5.74, 6) is -3.67. The molecule has 0 aromatic carbocycles. The summed E-state index contributed by atoms with van der Waals surface area (Å²) >= 11 is 2.42. The van der Waals surface area contributed by atoms with Crippen LogP contribution >= 0.6 is 23.5 Å². The number of hydroxylamine groups is 2. The molecule has 7 amide bonds. The van der Waals surface area contributed by atoms with Crippen molar-refractivity contribution >= 4 is 87.0 Å². The molecule has 0 saturated carbocycles. The Kier molecular flexibility index (Phi) is 21.7. The van der Waals surface area contributed by atoms with Gasteiger partial charge in [0, 0.05) is 118 Å². The Labute approximate surface area is 407 Å². The smallest absolute Gasteiger partial charge is 0.333 e. The number of hydrogen-bond donors (Lipinski definition) is 5. The van der Waals surface area contributed by atoms with E-state index in [2.05, 4.69) is 65.9 Å². The van der Waals surface area contributed by atoms with E-state index in [9.17, 15) is 48.8 Å². The first kappa shape index (κ1) is 55.5. The number of ether oxygens (including phenoxy) is 1. The lowest BCUT2D eigenvalue weighted by atomic mass is 10.2. The molecule has 5 aliphatic heterocycles. The summed E-state index contributed by atoms with van der Waals surface area (Å²) < 4.78 is 6.52. The zero-order valence-corrected chi connectivity index (χ0v) is 43.4. The van der Waals surface area contributed by atoms with Crippen LogP contribution in [-0.2, 0) is 28.8 Å². The fourth-order valence-corrected chi connectivity index (χ4v) is 13.6. The molecule has 25 heteroatoms. The maximum atomic E-state index is 13.8. The van der Waals surface area contributed by atoms with Crippen molar-refractivity contribution < 1.29 is 57.4 Å². The highest BCUT2D eigenvalue weighted by Gasteiger charge is 2.33. The van der Waals surface area contributed by atoms with Gasteiger partial charge in [0.1, 0.15) is 11.1 Å². The Balaban J connectivity index is 1.52. The molecule has 4 bridgehead atoms. The number of imide groups is 1. The van der Waals surface area contributed by atoms with Gasteiger partial charge in [-0.3, -0.25) is 38.5 Å². The summed E-state index contributed by atoms with van der Waals surface area (Å²) in [6.07, 6.45) is -0.224. The minimum atomic E-state index is -1.53. The molecular weight excluding hydrogens is 955 g/mol. The first-order valence-electron chi connectivity index (χ1n) is 22.7. The van der Waals surface area contributed by atoms with Gasteiger partial charge in [-0.05, 0) is 30.6 Å².